The third-order valence-electron chi connectivity index (χ3n) is 3.86. The Morgan fingerprint density at radius 2 is 1.65 bits per heavy atom. The van der Waals surface area contributed by atoms with E-state index in [4.69, 9.17) is 4.98 Å². The maximum Gasteiger partial charge on any atom is 0.215 e. The molecule has 0 saturated heterocycles. The van der Waals surface area contributed by atoms with Gasteiger partial charge >= 0.3 is 0 Å². The third-order valence-corrected chi connectivity index (χ3v) is 4.15. The molecule has 2 aromatic carbocycles. The predicted octanol–water partition coefficient (Wildman–Crippen LogP) is 5.32. The Bertz CT molecular complexity index is 939. The molecule has 0 aliphatic rings. The van der Waals surface area contributed by atoms with Crippen LogP contribution in [-0.2, 0) is 6.54 Å². The number of hydrogen-bond donors (Lipinski definition) is 0. The van der Waals surface area contributed by atoms with Crippen LogP contribution in [-0.4, -0.2) is 18.8 Å². The van der Waals surface area contributed by atoms with E-state index >= 15 is 0 Å². The van der Waals surface area contributed by atoms with Gasteiger partial charge < -0.3 is 4.57 Å². The van der Waals surface area contributed by atoms with Gasteiger partial charge in [0.15, 0.2) is 0 Å². The van der Waals surface area contributed by atoms with Crippen LogP contribution in [0.2, 0.25) is 0 Å². The zero-order valence-corrected chi connectivity index (χ0v) is 16.0. The van der Waals surface area contributed by atoms with Gasteiger partial charge in [-0.2, -0.15) is 0 Å². The molecule has 0 spiro atoms. The van der Waals surface area contributed by atoms with Gasteiger partial charge in [-0.3, -0.25) is 4.40 Å². The van der Waals surface area contributed by atoms with Crippen LogP contribution in [0.4, 0.5) is 0 Å². The van der Waals surface area contributed by atoms with Crippen LogP contribution in [0.5, 0.6) is 0 Å². The van der Waals surface area contributed by atoms with Crippen LogP contribution in [0.3, 0.4) is 0 Å². The quantitative estimate of drug-likeness (QED) is 0.400. The van der Waals surface area contributed by atoms with Crippen LogP contribution < -0.4 is 0 Å². The summed E-state index contributed by atoms with van der Waals surface area (Å²) in [6, 6.07) is 18.8. The van der Waals surface area contributed by atoms with Crippen molar-refractivity contribution in [3.63, 3.8) is 0 Å². The Morgan fingerprint density at radius 1 is 1.00 bits per heavy atom. The van der Waals surface area contributed by atoms with Crippen LogP contribution in [0.15, 0.2) is 60.8 Å². The summed E-state index contributed by atoms with van der Waals surface area (Å²) >= 11 is 3.66. The van der Waals surface area contributed by atoms with Gasteiger partial charge in [0.25, 0.3) is 0 Å². The number of rotatable bonds is 3. The van der Waals surface area contributed by atoms with Gasteiger partial charge in [-0.1, -0.05) is 65.3 Å². The van der Waals surface area contributed by atoms with Crippen molar-refractivity contribution in [3.05, 3.63) is 60.8 Å². The molecular weight excluding hydrogens is 418 g/mol. The Balaban J connectivity index is 0.00000156. The summed E-state index contributed by atoms with van der Waals surface area (Å²) in [5.41, 5.74) is 4.57. The van der Waals surface area contributed by atoms with E-state index in [1.165, 1.54) is 11.0 Å². The zero-order chi connectivity index (χ0) is 15.1. The van der Waals surface area contributed by atoms with Gasteiger partial charge in [-0.05, 0) is 12.1 Å². The molecule has 3 nitrogen and oxygen atoms in total. The van der Waals surface area contributed by atoms with Crippen molar-refractivity contribution in [1.29, 1.82) is 0 Å². The van der Waals surface area contributed by atoms with Crippen molar-refractivity contribution in [2.75, 3.05) is 0 Å². The molecule has 0 aliphatic carbocycles. The van der Waals surface area contributed by atoms with Gasteiger partial charge in [0.1, 0.15) is 0 Å². The van der Waals surface area contributed by atoms with Crippen molar-refractivity contribution in [2.45, 2.75) is 18.3 Å². The lowest BCUT2D eigenvalue weighted by atomic mass is 10.2. The highest BCUT2D eigenvalue weighted by Gasteiger charge is 2.15. The molecule has 2 heterocycles. The molecule has 0 fully saturated rings. The summed E-state index contributed by atoms with van der Waals surface area (Å²) in [7, 11) is 0. The molecule has 1 atom stereocenters. The largest absolute Gasteiger partial charge is 0.308 e. The van der Waals surface area contributed by atoms with Crippen molar-refractivity contribution in [3.8, 4) is 11.3 Å². The van der Waals surface area contributed by atoms with Crippen LogP contribution >= 0.6 is 32.9 Å². The highest BCUT2D eigenvalue weighted by atomic mass is 79.9. The second-order valence-corrected chi connectivity index (χ2v) is 7.11. The molecule has 0 N–H and O–H groups in total. The molecule has 118 valence electrons. The molecule has 0 aliphatic heterocycles. The molecule has 5 heteroatoms. The van der Waals surface area contributed by atoms with Crippen molar-refractivity contribution >= 4 is 49.7 Å². The first kappa shape index (κ1) is 16.3. The highest BCUT2D eigenvalue weighted by Crippen LogP contribution is 2.26. The van der Waals surface area contributed by atoms with Gasteiger partial charge in [-0.25, -0.2) is 4.98 Å². The van der Waals surface area contributed by atoms with E-state index in [0.717, 1.165) is 23.6 Å². The SMILES string of the molecule is Br.CC(Br)Cn1c2ccccc2n2cc(-c3ccccc3)nc12. The number of halogens is 2. The first-order valence-electron chi connectivity index (χ1n) is 7.40. The first-order valence-corrected chi connectivity index (χ1v) is 8.31. The third kappa shape index (κ3) is 2.83. The summed E-state index contributed by atoms with van der Waals surface area (Å²) in [6.45, 7) is 3.05. The monoisotopic (exact) mass is 433 g/mol. The average Bonchev–Trinajstić information content (AvgIpc) is 3.08. The molecule has 4 aromatic rings. The summed E-state index contributed by atoms with van der Waals surface area (Å²) in [4.78, 5) is 5.27. The molecule has 2 aromatic heterocycles. The van der Waals surface area contributed by atoms with E-state index < -0.39 is 0 Å². The number of fused-ring (bicyclic) bond motifs is 3. The Morgan fingerprint density at radius 3 is 2.35 bits per heavy atom. The van der Waals surface area contributed by atoms with Crippen molar-refractivity contribution < 1.29 is 0 Å². The second-order valence-electron chi connectivity index (χ2n) is 5.54. The molecule has 0 radical (unpaired) electrons. The highest BCUT2D eigenvalue weighted by molar-refractivity contribution is 9.09. The average molecular weight is 435 g/mol. The molecular formula is C18H17Br2N3. The standard InChI is InChI=1S/C18H16BrN3.BrH/c1-13(19)11-21-16-9-5-6-10-17(16)22-12-15(20-18(21)22)14-7-3-2-4-8-14;/h2-10,12-13H,11H2,1H3;1H. The van der Waals surface area contributed by atoms with E-state index in [1.54, 1.807) is 0 Å². The van der Waals surface area contributed by atoms with E-state index in [-0.39, 0.29) is 17.0 Å². The van der Waals surface area contributed by atoms with Crippen LogP contribution in [0.1, 0.15) is 6.92 Å². The van der Waals surface area contributed by atoms with Gasteiger partial charge in [0, 0.05) is 23.1 Å². The zero-order valence-electron chi connectivity index (χ0n) is 12.7. The van der Waals surface area contributed by atoms with E-state index in [0.29, 0.717) is 4.83 Å². The number of benzene rings is 2. The maximum absolute atomic E-state index is 4.88. The lowest BCUT2D eigenvalue weighted by Crippen LogP contribution is -2.06. The number of hydrogen-bond acceptors (Lipinski definition) is 1. The predicted molar refractivity (Wildman–Crippen MR) is 105 cm³/mol. The molecule has 0 amide bonds. The minimum Gasteiger partial charge on any atom is -0.308 e. The first-order chi connectivity index (χ1) is 10.7. The van der Waals surface area contributed by atoms with E-state index in [1.807, 2.05) is 18.2 Å². The summed E-state index contributed by atoms with van der Waals surface area (Å²) in [5, 5.41) is 0. The van der Waals surface area contributed by atoms with Crippen LogP contribution in [0.25, 0.3) is 28.1 Å². The fourth-order valence-corrected chi connectivity index (χ4v) is 3.21. The topological polar surface area (TPSA) is 22.2 Å². The normalized spacial score (nSPS) is 12.4. The second kappa shape index (κ2) is 6.49. The smallest absolute Gasteiger partial charge is 0.215 e. The fraction of sp³-hybridized carbons (Fsp3) is 0.167. The lowest BCUT2D eigenvalue weighted by molar-refractivity contribution is 0.734. The van der Waals surface area contributed by atoms with Gasteiger partial charge in [-0.15, -0.1) is 17.0 Å². The Kier molecular flexibility index (Phi) is 4.60. The number of alkyl halides is 1. The van der Waals surface area contributed by atoms with Gasteiger partial charge in [0.05, 0.1) is 16.7 Å². The summed E-state index contributed by atoms with van der Waals surface area (Å²) in [6.07, 6.45) is 2.13. The molecule has 0 bridgehead atoms. The fourth-order valence-electron chi connectivity index (χ4n) is 2.92. The maximum atomic E-state index is 4.88. The molecule has 0 saturated carbocycles. The Hall–Kier alpha value is -1.59. The number of para-hydroxylation sites is 2. The minimum absolute atomic E-state index is 0. The van der Waals surface area contributed by atoms with Crippen molar-refractivity contribution in [1.82, 2.24) is 14.0 Å². The van der Waals surface area contributed by atoms with Crippen LogP contribution in [0, 0.1) is 0 Å². The lowest BCUT2D eigenvalue weighted by Gasteiger charge is -2.06. The Labute approximate surface area is 153 Å². The number of aromatic nitrogens is 3. The number of imidazole rings is 2. The number of nitrogens with zero attached hydrogens (tertiary/aromatic N) is 3. The molecule has 23 heavy (non-hydrogen) atoms. The minimum atomic E-state index is 0. The molecule has 4 rings (SSSR count). The van der Waals surface area contributed by atoms with Gasteiger partial charge in [0.2, 0.25) is 5.78 Å². The van der Waals surface area contributed by atoms with Crippen molar-refractivity contribution in [2.24, 2.45) is 0 Å². The summed E-state index contributed by atoms with van der Waals surface area (Å²) in [5.74, 6) is 0.992. The van der Waals surface area contributed by atoms with E-state index in [9.17, 15) is 0 Å². The molecule has 1 unspecified atom stereocenters. The van der Waals surface area contributed by atoms with E-state index in [2.05, 4.69) is 74.4 Å². The summed E-state index contributed by atoms with van der Waals surface area (Å²) < 4.78 is 4.47.